The van der Waals surface area contributed by atoms with Crippen LogP contribution in [0.2, 0.25) is 0 Å². The summed E-state index contributed by atoms with van der Waals surface area (Å²) in [5.41, 5.74) is 0.949. The van der Waals surface area contributed by atoms with Gasteiger partial charge in [0.2, 0.25) is 5.09 Å². The van der Waals surface area contributed by atoms with E-state index in [2.05, 4.69) is 19.9 Å². The number of anilines is 1. The fourth-order valence-corrected chi connectivity index (χ4v) is 3.41. The van der Waals surface area contributed by atoms with Gasteiger partial charge >= 0.3 is 0 Å². The SMILES string of the molecule is O=S(Nc1ccc(F)c(-c2[nH]ncc2-c2ccncc2)c1F)c1ccco1. The molecule has 0 bridgehead atoms. The first-order valence-corrected chi connectivity index (χ1v) is 8.94. The highest BCUT2D eigenvalue weighted by molar-refractivity contribution is 7.86. The maximum Gasteiger partial charge on any atom is 0.210 e. The predicted molar refractivity (Wildman–Crippen MR) is 95.9 cm³/mol. The van der Waals surface area contributed by atoms with Gasteiger partial charge in [-0.15, -0.1) is 0 Å². The molecule has 1 unspecified atom stereocenters. The Hall–Kier alpha value is -3.33. The number of rotatable bonds is 5. The van der Waals surface area contributed by atoms with Crippen molar-refractivity contribution < 1.29 is 17.4 Å². The van der Waals surface area contributed by atoms with Crippen molar-refractivity contribution in [1.29, 1.82) is 0 Å². The van der Waals surface area contributed by atoms with Crippen molar-refractivity contribution in [2.24, 2.45) is 0 Å². The third kappa shape index (κ3) is 3.24. The van der Waals surface area contributed by atoms with Crippen molar-refractivity contribution in [2.75, 3.05) is 4.72 Å². The monoisotopic (exact) mass is 386 g/mol. The number of hydrogen-bond acceptors (Lipinski definition) is 4. The van der Waals surface area contributed by atoms with E-state index in [0.717, 1.165) is 6.07 Å². The molecule has 1 atom stereocenters. The Morgan fingerprint density at radius 1 is 1.11 bits per heavy atom. The van der Waals surface area contributed by atoms with Crippen molar-refractivity contribution in [2.45, 2.75) is 5.09 Å². The maximum atomic E-state index is 15.1. The summed E-state index contributed by atoms with van der Waals surface area (Å²) in [4.78, 5) is 3.93. The van der Waals surface area contributed by atoms with Crippen LogP contribution >= 0.6 is 0 Å². The molecule has 9 heteroatoms. The van der Waals surface area contributed by atoms with Crippen LogP contribution in [0.25, 0.3) is 22.4 Å². The van der Waals surface area contributed by atoms with Gasteiger partial charge in [-0.25, -0.2) is 13.0 Å². The number of aromatic nitrogens is 3. The van der Waals surface area contributed by atoms with Gasteiger partial charge in [0.1, 0.15) is 5.82 Å². The minimum Gasteiger partial charge on any atom is -0.454 e. The van der Waals surface area contributed by atoms with Crippen LogP contribution in [0.3, 0.4) is 0 Å². The lowest BCUT2D eigenvalue weighted by molar-refractivity contribution is 0.466. The van der Waals surface area contributed by atoms with Crippen LogP contribution in [0.1, 0.15) is 0 Å². The van der Waals surface area contributed by atoms with E-state index in [-0.39, 0.29) is 22.0 Å². The summed E-state index contributed by atoms with van der Waals surface area (Å²) >= 11 is 0. The van der Waals surface area contributed by atoms with Gasteiger partial charge < -0.3 is 4.42 Å². The largest absolute Gasteiger partial charge is 0.454 e. The molecule has 1 aromatic carbocycles. The minimum absolute atomic E-state index is 0.124. The average molecular weight is 386 g/mol. The van der Waals surface area contributed by atoms with E-state index in [0.29, 0.717) is 11.1 Å². The quantitative estimate of drug-likeness (QED) is 0.540. The summed E-state index contributed by atoms with van der Waals surface area (Å²) in [5, 5.41) is 6.68. The molecule has 0 aliphatic rings. The van der Waals surface area contributed by atoms with Crippen molar-refractivity contribution in [3.05, 3.63) is 72.9 Å². The topological polar surface area (TPSA) is 83.8 Å². The van der Waals surface area contributed by atoms with Crippen LogP contribution in [0, 0.1) is 11.6 Å². The molecule has 0 saturated heterocycles. The molecule has 6 nitrogen and oxygen atoms in total. The number of nitrogens with zero attached hydrogens (tertiary/aromatic N) is 2. The fourth-order valence-electron chi connectivity index (χ4n) is 2.61. The second-order valence-corrected chi connectivity index (χ2v) is 6.63. The van der Waals surface area contributed by atoms with Crippen LogP contribution in [-0.4, -0.2) is 19.4 Å². The second kappa shape index (κ2) is 7.12. The molecule has 136 valence electrons. The number of hydrogen-bond donors (Lipinski definition) is 2. The van der Waals surface area contributed by atoms with Gasteiger partial charge in [0.25, 0.3) is 0 Å². The highest BCUT2D eigenvalue weighted by Crippen LogP contribution is 2.36. The Balaban J connectivity index is 1.77. The highest BCUT2D eigenvalue weighted by Gasteiger charge is 2.22. The zero-order valence-corrected chi connectivity index (χ0v) is 14.5. The lowest BCUT2D eigenvalue weighted by atomic mass is 10.0. The van der Waals surface area contributed by atoms with Crippen LogP contribution in [0.4, 0.5) is 14.5 Å². The number of benzene rings is 1. The van der Waals surface area contributed by atoms with Gasteiger partial charge in [0.05, 0.1) is 29.4 Å². The number of furan rings is 1. The van der Waals surface area contributed by atoms with E-state index in [4.69, 9.17) is 4.42 Å². The highest BCUT2D eigenvalue weighted by atomic mass is 32.2. The van der Waals surface area contributed by atoms with E-state index in [1.54, 1.807) is 30.6 Å². The number of nitrogens with one attached hydrogen (secondary N) is 2. The molecule has 27 heavy (non-hydrogen) atoms. The first kappa shape index (κ1) is 17.1. The predicted octanol–water partition coefficient (Wildman–Crippen LogP) is 4.14. The zero-order chi connectivity index (χ0) is 18.8. The van der Waals surface area contributed by atoms with E-state index < -0.39 is 22.6 Å². The van der Waals surface area contributed by atoms with E-state index in [1.165, 1.54) is 24.6 Å². The second-order valence-electron chi connectivity index (χ2n) is 5.48. The normalized spacial score (nSPS) is 12.1. The number of pyridine rings is 1. The van der Waals surface area contributed by atoms with Gasteiger partial charge in [0.15, 0.2) is 16.8 Å². The molecule has 0 aliphatic heterocycles. The summed E-state index contributed by atoms with van der Waals surface area (Å²) in [5.74, 6) is -1.67. The zero-order valence-electron chi connectivity index (χ0n) is 13.6. The molecular weight excluding hydrogens is 374 g/mol. The summed E-state index contributed by atoms with van der Waals surface area (Å²) in [6.45, 7) is 0. The van der Waals surface area contributed by atoms with Crippen LogP contribution in [0.15, 0.2) is 70.8 Å². The van der Waals surface area contributed by atoms with Crippen molar-refractivity contribution in [3.63, 3.8) is 0 Å². The lowest BCUT2D eigenvalue weighted by Gasteiger charge is -2.11. The van der Waals surface area contributed by atoms with Gasteiger partial charge in [-0.1, -0.05) is 0 Å². The number of halogens is 2. The van der Waals surface area contributed by atoms with Gasteiger partial charge in [0, 0.05) is 18.0 Å². The van der Waals surface area contributed by atoms with Crippen molar-refractivity contribution in [3.8, 4) is 22.4 Å². The molecule has 4 rings (SSSR count). The molecule has 0 aliphatic carbocycles. The smallest absolute Gasteiger partial charge is 0.210 e. The summed E-state index contributed by atoms with van der Waals surface area (Å²) < 4.78 is 49.3. The Labute approximate surface area is 154 Å². The summed E-state index contributed by atoms with van der Waals surface area (Å²) in [7, 11) is -1.83. The Morgan fingerprint density at radius 2 is 1.93 bits per heavy atom. The summed E-state index contributed by atoms with van der Waals surface area (Å²) in [6.07, 6.45) is 5.98. The molecule has 4 aromatic rings. The minimum atomic E-state index is -1.83. The van der Waals surface area contributed by atoms with Crippen LogP contribution in [-0.2, 0) is 11.0 Å². The van der Waals surface area contributed by atoms with Gasteiger partial charge in [-0.05, 0) is 42.0 Å². The fraction of sp³-hybridized carbons (Fsp3) is 0. The third-order valence-electron chi connectivity index (χ3n) is 3.85. The molecule has 0 radical (unpaired) electrons. The first-order valence-electron chi connectivity index (χ1n) is 7.79. The summed E-state index contributed by atoms with van der Waals surface area (Å²) in [6, 6.07) is 8.74. The van der Waals surface area contributed by atoms with E-state index in [9.17, 15) is 8.60 Å². The van der Waals surface area contributed by atoms with Crippen LogP contribution < -0.4 is 4.72 Å². The van der Waals surface area contributed by atoms with Crippen molar-refractivity contribution in [1.82, 2.24) is 15.2 Å². The van der Waals surface area contributed by atoms with E-state index >= 15 is 4.39 Å². The number of H-pyrrole nitrogens is 1. The molecule has 0 amide bonds. The maximum absolute atomic E-state index is 15.1. The lowest BCUT2D eigenvalue weighted by Crippen LogP contribution is -2.07. The molecule has 0 fully saturated rings. The standard InChI is InChI=1S/C18H12F2N4O2S/c19-13-3-4-14(24-27(25)15-2-1-9-26-15)17(20)16(13)18-12(10-22-23-18)11-5-7-21-8-6-11/h1-10,24H,(H,22,23). The Kier molecular flexibility index (Phi) is 4.51. The Morgan fingerprint density at radius 3 is 2.67 bits per heavy atom. The Bertz CT molecular complexity index is 1100. The molecule has 3 aromatic heterocycles. The first-order chi connectivity index (χ1) is 13.1. The molecule has 0 spiro atoms. The molecule has 3 heterocycles. The molecule has 0 saturated carbocycles. The van der Waals surface area contributed by atoms with Crippen LogP contribution in [0.5, 0.6) is 0 Å². The van der Waals surface area contributed by atoms with E-state index in [1.807, 2.05) is 0 Å². The molecule has 2 N–H and O–H groups in total. The number of aromatic amines is 1. The molecular formula is C18H12F2N4O2S. The average Bonchev–Trinajstić information content (AvgIpc) is 3.37. The van der Waals surface area contributed by atoms with Gasteiger partial charge in [-0.2, -0.15) is 5.10 Å². The van der Waals surface area contributed by atoms with Crippen molar-refractivity contribution >= 4 is 16.7 Å². The van der Waals surface area contributed by atoms with Gasteiger partial charge in [-0.3, -0.25) is 14.8 Å². The third-order valence-corrected chi connectivity index (χ3v) is 4.86.